The van der Waals surface area contributed by atoms with E-state index in [0.29, 0.717) is 23.8 Å². The number of aliphatic carboxylic acids is 1. The fraction of sp³-hybridized carbons (Fsp3) is 0.233. The predicted octanol–water partition coefficient (Wildman–Crippen LogP) is 5.82. The Morgan fingerprint density at radius 1 is 0.973 bits per heavy atom. The highest BCUT2D eigenvalue weighted by atomic mass is 16.5. The number of benzene rings is 3. The molecule has 1 N–H and O–H groups in total. The summed E-state index contributed by atoms with van der Waals surface area (Å²) in [7, 11) is 0. The normalized spacial score (nSPS) is 18.7. The van der Waals surface area contributed by atoms with Gasteiger partial charge in [0.2, 0.25) is 11.8 Å². The number of β-lactam (4-membered cyclic amide) rings is 1. The fourth-order valence-corrected chi connectivity index (χ4v) is 5.44. The number of oxazole rings is 1. The summed E-state index contributed by atoms with van der Waals surface area (Å²) >= 11 is 0. The van der Waals surface area contributed by atoms with Gasteiger partial charge in [0.05, 0.1) is 12.5 Å². The van der Waals surface area contributed by atoms with Gasteiger partial charge in [0.1, 0.15) is 17.5 Å². The lowest BCUT2D eigenvalue weighted by atomic mass is 9.83. The molecule has 1 aromatic heterocycles. The van der Waals surface area contributed by atoms with Crippen LogP contribution in [0.3, 0.4) is 0 Å². The molecule has 4 aromatic rings. The number of likely N-dealkylation sites (tertiary alicyclic amines) is 1. The van der Waals surface area contributed by atoms with Crippen molar-refractivity contribution in [2.24, 2.45) is 0 Å². The van der Waals surface area contributed by atoms with E-state index in [9.17, 15) is 9.59 Å². The summed E-state index contributed by atoms with van der Waals surface area (Å²) in [6, 6.07) is 25.1. The van der Waals surface area contributed by atoms with Crippen LogP contribution in [0.1, 0.15) is 48.4 Å². The average molecular weight is 495 g/mol. The van der Waals surface area contributed by atoms with Gasteiger partial charge in [0, 0.05) is 11.1 Å². The molecule has 2 heterocycles. The molecular formula is C30H26N2O5. The third-order valence-corrected chi connectivity index (χ3v) is 7.12. The minimum Gasteiger partial charge on any atom is -0.482 e. The van der Waals surface area contributed by atoms with Crippen LogP contribution >= 0.6 is 0 Å². The fourth-order valence-electron chi connectivity index (χ4n) is 5.44. The third-order valence-electron chi connectivity index (χ3n) is 7.12. The molecule has 1 amide bonds. The van der Waals surface area contributed by atoms with Crippen molar-refractivity contribution in [3.05, 3.63) is 95.9 Å². The largest absolute Gasteiger partial charge is 0.482 e. The summed E-state index contributed by atoms with van der Waals surface area (Å²) in [5.41, 5.74) is 4.62. The molecule has 7 heteroatoms. The van der Waals surface area contributed by atoms with Crippen molar-refractivity contribution in [2.45, 2.75) is 37.8 Å². The molecule has 7 nitrogen and oxygen atoms in total. The second-order valence-electron chi connectivity index (χ2n) is 9.40. The zero-order chi connectivity index (χ0) is 25.4. The van der Waals surface area contributed by atoms with Crippen molar-refractivity contribution >= 4 is 11.9 Å². The number of ether oxygens (including phenoxy) is 1. The molecule has 2 atom stereocenters. The van der Waals surface area contributed by atoms with Crippen LogP contribution in [-0.4, -0.2) is 33.5 Å². The first-order valence-electron chi connectivity index (χ1n) is 12.5. The van der Waals surface area contributed by atoms with Gasteiger partial charge in [-0.05, 0) is 36.5 Å². The monoisotopic (exact) mass is 494 g/mol. The molecule has 1 aliphatic carbocycles. The highest BCUT2D eigenvalue weighted by molar-refractivity contribution is 5.84. The van der Waals surface area contributed by atoms with Gasteiger partial charge in [-0.1, -0.05) is 72.8 Å². The molecule has 2 unspecified atom stereocenters. The van der Waals surface area contributed by atoms with Gasteiger partial charge < -0.3 is 19.2 Å². The molecular weight excluding hydrogens is 468 g/mol. The summed E-state index contributed by atoms with van der Waals surface area (Å²) in [5, 5.41) is 9.06. The minimum atomic E-state index is -1.02. The predicted molar refractivity (Wildman–Crippen MR) is 137 cm³/mol. The van der Waals surface area contributed by atoms with E-state index in [1.807, 2.05) is 77.7 Å². The van der Waals surface area contributed by atoms with Crippen molar-refractivity contribution < 1.29 is 23.8 Å². The Morgan fingerprint density at radius 2 is 1.70 bits per heavy atom. The summed E-state index contributed by atoms with van der Waals surface area (Å²) in [6.45, 7) is -0.396. The van der Waals surface area contributed by atoms with Crippen molar-refractivity contribution in [3.63, 3.8) is 0 Å². The lowest BCUT2D eigenvalue weighted by Crippen LogP contribution is -2.49. The van der Waals surface area contributed by atoms with Gasteiger partial charge in [-0.2, -0.15) is 0 Å². The zero-order valence-electron chi connectivity index (χ0n) is 20.2. The number of nitrogens with zero attached hydrogens (tertiary/aromatic N) is 2. The molecule has 37 heavy (non-hydrogen) atoms. The molecule has 1 saturated heterocycles. The van der Waals surface area contributed by atoms with Crippen molar-refractivity contribution in [3.8, 4) is 28.3 Å². The number of carboxylic acids is 1. The standard InChI is InChI=1S/C30H26N2O5/c33-26-17-24(32(26)23-15-7-14-22-21(23)13-8-16-25(22)36-18-27(34)35)30-31-28(19-9-3-1-4-10-19)29(37-30)20-11-5-2-6-12-20/h1-6,8-13,16,23-24H,7,14-15,17-18H2,(H,34,35). The summed E-state index contributed by atoms with van der Waals surface area (Å²) < 4.78 is 12.0. The lowest BCUT2D eigenvalue weighted by molar-refractivity contribution is -0.152. The minimum absolute atomic E-state index is 0.0560. The average Bonchev–Trinajstić information content (AvgIpc) is 3.36. The molecule has 1 aliphatic heterocycles. The van der Waals surface area contributed by atoms with Crippen LogP contribution in [-0.2, 0) is 16.0 Å². The second kappa shape index (κ2) is 9.58. The van der Waals surface area contributed by atoms with E-state index in [-0.39, 0.29) is 18.0 Å². The number of carbonyl (C=O) groups excluding carboxylic acids is 1. The Bertz CT molecular complexity index is 1390. The number of hydrogen-bond acceptors (Lipinski definition) is 5. The van der Waals surface area contributed by atoms with Gasteiger partial charge in [0.25, 0.3) is 0 Å². The molecule has 2 aliphatic rings. The Labute approximate surface area is 214 Å². The number of rotatable bonds is 7. The van der Waals surface area contributed by atoms with Crippen molar-refractivity contribution in [1.82, 2.24) is 9.88 Å². The summed E-state index contributed by atoms with van der Waals surface area (Å²) in [4.78, 5) is 30.9. The van der Waals surface area contributed by atoms with Gasteiger partial charge in [-0.25, -0.2) is 9.78 Å². The topological polar surface area (TPSA) is 92.9 Å². The van der Waals surface area contributed by atoms with Crippen LogP contribution in [0.25, 0.3) is 22.6 Å². The molecule has 0 saturated carbocycles. The summed E-state index contributed by atoms with van der Waals surface area (Å²) in [6.07, 6.45) is 2.81. The molecule has 0 bridgehead atoms. The molecule has 186 valence electrons. The Morgan fingerprint density at radius 3 is 2.41 bits per heavy atom. The van der Waals surface area contributed by atoms with Gasteiger partial charge >= 0.3 is 5.97 Å². The highest BCUT2D eigenvalue weighted by Gasteiger charge is 2.46. The molecule has 0 spiro atoms. The van der Waals surface area contributed by atoms with Gasteiger partial charge in [-0.3, -0.25) is 4.79 Å². The van der Waals surface area contributed by atoms with E-state index in [4.69, 9.17) is 19.2 Å². The van der Waals surface area contributed by atoms with Crippen LogP contribution < -0.4 is 4.74 Å². The summed E-state index contributed by atoms with van der Waals surface area (Å²) in [5.74, 6) is 0.830. The SMILES string of the molecule is O=C(O)COc1cccc2c1CCCC2N1C(=O)CC1c1nc(-c2ccccc2)c(-c2ccccc2)o1. The Balaban J connectivity index is 1.37. The maximum atomic E-state index is 13.0. The van der Waals surface area contributed by atoms with E-state index in [1.165, 1.54) is 0 Å². The first-order chi connectivity index (χ1) is 18.1. The first-order valence-corrected chi connectivity index (χ1v) is 12.5. The van der Waals surface area contributed by atoms with E-state index >= 15 is 0 Å². The maximum absolute atomic E-state index is 13.0. The number of aromatic nitrogens is 1. The first kappa shape index (κ1) is 23.0. The molecule has 1 fully saturated rings. The zero-order valence-corrected chi connectivity index (χ0v) is 20.2. The van der Waals surface area contributed by atoms with E-state index < -0.39 is 12.6 Å². The molecule has 0 radical (unpaired) electrons. The Kier molecular flexibility index (Phi) is 5.96. The highest BCUT2D eigenvalue weighted by Crippen LogP contribution is 2.48. The number of carbonyl (C=O) groups is 2. The number of carboxylic acid groups (broad SMARTS) is 1. The smallest absolute Gasteiger partial charge is 0.341 e. The number of amides is 1. The second-order valence-corrected chi connectivity index (χ2v) is 9.40. The van der Waals surface area contributed by atoms with Crippen LogP contribution in [0.15, 0.2) is 83.3 Å². The third kappa shape index (κ3) is 4.27. The van der Waals surface area contributed by atoms with Crippen molar-refractivity contribution in [2.75, 3.05) is 6.61 Å². The van der Waals surface area contributed by atoms with Crippen LogP contribution in [0.5, 0.6) is 5.75 Å². The van der Waals surface area contributed by atoms with Crippen LogP contribution in [0.2, 0.25) is 0 Å². The van der Waals surface area contributed by atoms with Crippen molar-refractivity contribution in [1.29, 1.82) is 0 Å². The molecule has 6 rings (SSSR count). The number of hydrogen-bond donors (Lipinski definition) is 1. The quantitative estimate of drug-likeness (QED) is 0.325. The van der Waals surface area contributed by atoms with Crippen LogP contribution in [0, 0.1) is 0 Å². The van der Waals surface area contributed by atoms with E-state index in [1.54, 1.807) is 6.07 Å². The Hall–Kier alpha value is -4.39. The number of fused-ring (bicyclic) bond motifs is 1. The van der Waals surface area contributed by atoms with Gasteiger partial charge in [-0.15, -0.1) is 0 Å². The van der Waals surface area contributed by atoms with E-state index in [2.05, 4.69) is 0 Å². The molecule has 3 aromatic carbocycles. The van der Waals surface area contributed by atoms with Gasteiger partial charge in [0.15, 0.2) is 12.4 Å². The lowest BCUT2D eigenvalue weighted by Gasteiger charge is -2.46. The maximum Gasteiger partial charge on any atom is 0.341 e. The van der Waals surface area contributed by atoms with Crippen LogP contribution in [0.4, 0.5) is 0 Å². The van der Waals surface area contributed by atoms with E-state index in [0.717, 1.165) is 47.2 Å².